The van der Waals surface area contributed by atoms with Crippen molar-refractivity contribution in [1.29, 1.82) is 0 Å². The molecular formula is C26H37NO2. The SMILES string of the molecule is CCCCCCCCCCN(C)C.O=C(C(=O)c1ccccc1)c1ccccc1. The largest absolute Gasteiger partial charge is 0.309 e. The highest BCUT2D eigenvalue weighted by Crippen LogP contribution is 2.08. The van der Waals surface area contributed by atoms with Gasteiger partial charge in [-0.3, -0.25) is 9.59 Å². The average Bonchev–Trinajstić information content (AvgIpc) is 2.76. The molecule has 3 heteroatoms. The molecule has 3 nitrogen and oxygen atoms in total. The van der Waals surface area contributed by atoms with Crippen LogP contribution in [0.4, 0.5) is 0 Å². The van der Waals surface area contributed by atoms with Crippen molar-refractivity contribution >= 4 is 11.6 Å². The summed E-state index contributed by atoms with van der Waals surface area (Å²) in [6.45, 7) is 3.53. The van der Waals surface area contributed by atoms with Gasteiger partial charge in [-0.2, -0.15) is 0 Å². The Bertz CT molecular complexity index is 631. The molecule has 0 fully saturated rings. The molecule has 158 valence electrons. The van der Waals surface area contributed by atoms with Crippen LogP contribution < -0.4 is 0 Å². The van der Waals surface area contributed by atoms with E-state index in [-0.39, 0.29) is 0 Å². The highest BCUT2D eigenvalue weighted by molar-refractivity contribution is 6.49. The van der Waals surface area contributed by atoms with Crippen molar-refractivity contribution in [3.8, 4) is 0 Å². The molecule has 0 bridgehead atoms. The minimum atomic E-state index is -0.466. The van der Waals surface area contributed by atoms with Crippen LogP contribution in [-0.4, -0.2) is 37.1 Å². The van der Waals surface area contributed by atoms with Crippen LogP contribution in [0.2, 0.25) is 0 Å². The van der Waals surface area contributed by atoms with Gasteiger partial charge < -0.3 is 4.90 Å². The molecule has 0 atom stereocenters. The third-order valence-corrected chi connectivity index (χ3v) is 4.74. The first-order chi connectivity index (χ1) is 14.1. The number of Topliss-reactive ketones (excluding diaryl/α,β-unsaturated/α-hetero) is 2. The first kappa shape index (κ1) is 24.8. The first-order valence-electron chi connectivity index (χ1n) is 10.9. The molecule has 0 spiro atoms. The van der Waals surface area contributed by atoms with Gasteiger partial charge in [-0.05, 0) is 27.1 Å². The maximum absolute atomic E-state index is 11.8. The van der Waals surface area contributed by atoms with Crippen molar-refractivity contribution in [2.45, 2.75) is 58.3 Å². The number of ketones is 2. The Hall–Kier alpha value is -2.26. The fraction of sp³-hybridized carbons (Fsp3) is 0.462. The molecule has 0 aliphatic carbocycles. The highest BCUT2D eigenvalue weighted by Gasteiger charge is 2.17. The molecule has 0 aliphatic rings. The van der Waals surface area contributed by atoms with E-state index in [1.54, 1.807) is 48.5 Å². The number of unbranched alkanes of at least 4 members (excludes halogenated alkanes) is 7. The van der Waals surface area contributed by atoms with E-state index in [0.717, 1.165) is 0 Å². The number of carbonyl (C=O) groups excluding carboxylic acids is 2. The molecule has 2 rings (SSSR count). The smallest absolute Gasteiger partial charge is 0.233 e. The number of hydrogen-bond acceptors (Lipinski definition) is 3. The Kier molecular flexibility index (Phi) is 13.4. The van der Waals surface area contributed by atoms with E-state index < -0.39 is 11.6 Å². The van der Waals surface area contributed by atoms with Gasteiger partial charge in [0.2, 0.25) is 11.6 Å². The van der Waals surface area contributed by atoms with Crippen molar-refractivity contribution in [2.24, 2.45) is 0 Å². The number of nitrogens with zero attached hydrogens (tertiary/aromatic N) is 1. The molecule has 0 aliphatic heterocycles. The zero-order valence-electron chi connectivity index (χ0n) is 18.4. The maximum atomic E-state index is 11.8. The standard InChI is InChI=1S/C14H10O2.C12H27N/c15-13(11-7-3-1-4-8-11)14(16)12-9-5-2-6-10-12;1-4-5-6-7-8-9-10-11-12-13(2)3/h1-10H;4-12H2,1-3H3. The molecular weight excluding hydrogens is 358 g/mol. The van der Waals surface area contributed by atoms with Gasteiger partial charge in [0.05, 0.1) is 0 Å². The lowest BCUT2D eigenvalue weighted by molar-refractivity contribution is 0.0817. The number of hydrogen-bond donors (Lipinski definition) is 0. The van der Waals surface area contributed by atoms with Crippen LogP contribution in [0.1, 0.15) is 79.0 Å². The lowest BCUT2D eigenvalue weighted by atomic mass is 10.0. The fourth-order valence-corrected chi connectivity index (χ4v) is 3.00. The molecule has 0 saturated heterocycles. The second-order valence-corrected chi connectivity index (χ2v) is 7.67. The summed E-state index contributed by atoms with van der Waals surface area (Å²) in [5.41, 5.74) is 0.854. The third kappa shape index (κ3) is 11.4. The maximum Gasteiger partial charge on any atom is 0.233 e. The Balaban J connectivity index is 0.000000298. The fourth-order valence-electron chi connectivity index (χ4n) is 3.00. The van der Waals surface area contributed by atoms with Gasteiger partial charge in [-0.25, -0.2) is 0 Å². The molecule has 0 radical (unpaired) electrons. The highest BCUT2D eigenvalue weighted by atomic mass is 16.2. The molecule has 0 aromatic heterocycles. The average molecular weight is 396 g/mol. The molecule has 0 unspecified atom stereocenters. The quantitative estimate of drug-likeness (QED) is 0.236. The topological polar surface area (TPSA) is 37.4 Å². The summed E-state index contributed by atoms with van der Waals surface area (Å²) in [5.74, 6) is -0.932. The van der Waals surface area contributed by atoms with Crippen LogP contribution >= 0.6 is 0 Å². The summed E-state index contributed by atoms with van der Waals surface area (Å²) >= 11 is 0. The molecule has 0 saturated carbocycles. The van der Waals surface area contributed by atoms with Crippen LogP contribution in [0, 0.1) is 0 Å². The normalized spacial score (nSPS) is 10.3. The van der Waals surface area contributed by atoms with Crippen LogP contribution in [0.25, 0.3) is 0 Å². The van der Waals surface area contributed by atoms with Crippen LogP contribution in [-0.2, 0) is 0 Å². The number of carbonyl (C=O) groups is 2. The van der Waals surface area contributed by atoms with Gasteiger partial charge >= 0.3 is 0 Å². The van der Waals surface area contributed by atoms with Crippen molar-refractivity contribution in [2.75, 3.05) is 20.6 Å². The van der Waals surface area contributed by atoms with Crippen molar-refractivity contribution in [1.82, 2.24) is 4.90 Å². The van der Waals surface area contributed by atoms with Gasteiger partial charge in [-0.1, -0.05) is 113 Å². The molecule has 2 aromatic carbocycles. The summed E-state index contributed by atoms with van der Waals surface area (Å²) in [7, 11) is 4.31. The predicted octanol–water partition coefficient (Wildman–Crippen LogP) is 6.44. The zero-order chi connectivity index (χ0) is 21.3. The summed E-state index contributed by atoms with van der Waals surface area (Å²) < 4.78 is 0. The predicted molar refractivity (Wildman–Crippen MR) is 123 cm³/mol. The number of benzene rings is 2. The van der Waals surface area contributed by atoms with Gasteiger partial charge in [0, 0.05) is 11.1 Å². The molecule has 0 N–H and O–H groups in total. The van der Waals surface area contributed by atoms with Crippen molar-refractivity contribution in [3.63, 3.8) is 0 Å². The second-order valence-electron chi connectivity index (χ2n) is 7.67. The van der Waals surface area contributed by atoms with Gasteiger partial charge in [0.1, 0.15) is 0 Å². The van der Waals surface area contributed by atoms with Crippen LogP contribution in [0.5, 0.6) is 0 Å². The zero-order valence-corrected chi connectivity index (χ0v) is 18.4. The van der Waals surface area contributed by atoms with E-state index in [0.29, 0.717) is 11.1 Å². The second kappa shape index (κ2) is 15.6. The van der Waals surface area contributed by atoms with E-state index in [2.05, 4.69) is 25.9 Å². The van der Waals surface area contributed by atoms with E-state index >= 15 is 0 Å². The molecule has 29 heavy (non-hydrogen) atoms. The van der Waals surface area contributed by atoms with Crippen molar-refractivity contribution in [3.05, 3.63) is 71.8 Å². The Labute approximate surface area is 177 Å². The monoisotopic (exact) mass is 395 g/mol. The van der Waals surface area contributed by atoms with Crippen molar-refractivity contribution < 1.29 is 9.59 Å². The third-order valence-electron chi connectivity index (χ3n) is 4.74. The van der Waals surface area contributed by atoms with Gasteiger partial charge in [0.25, 0.3) is 0 Å². The van der Waals surface area contributed by atoms with E-state index in [1.807, 2.05) is 12.1 Å². The molecule has 0 heterocycles. The summed E-state index contributed by atoms with van der Waals surface area (Å²) in [4.78, 5) is 25.9. The summed E-state index contributed by atoms with van der Waals surface area (Å²) in [6, 6.07) is 17.2. The minimum absolute atomic E-state index is 0.427. The van der Waals surface area contributed by atoms with Gasteiger partial charge in [-0.15, -0.1) is 0 Å². The van der Waals surface area contributed by atoms with Gasteiger partial charge in [0.15, 0.2) is 0 Å². The number of rotatable bonds is 12. The minimum Gasteiger partial charge on any atom is -0.309 e. The molecule has 2 aromatic rings. The Morgan fingerprint density at radius 1 is 0.621 bits per heavy atom. The van der Waals surface area contributed by atoms with E-state index in [4.69, 9.17) is 0 Å². The van der Waals surface area contributed by atoms with Crippen LogP contribution in [0.3, 0.4) is 0 Å². The first-order valence-corrected chi connectivity index (χ1v) is 10.9. The summed E-state index contributed by atoms with van der Waals surface area (Å²) in [6.07, 6.45) is 11.4. The van der Waals surface area contributed by atoms with E-state index in [9.17, 15) is 9.59 Å². The lowest BCUT2D eigenvalue weighted by Crippen LogP contribution is -2.14. The Morgan fingerprint density at radius 3 is 1.38 bits per heavy atom. The van der Waals surface area contributed by atoms with E-state index in [1.165, 1.54) is 57.9 Å². The molecule has 0 amide bonds. The van der Waals surface area contributed by atoms with Crippen LogP contribution in [0.15, 0.2) is 60.7 Å². The lowest BCUT2D eigenvalue weighted by Gasteiger charge is -2.08. The summed E-state index contributed by atoms with van der Waals surface area (Å²) in [5, 5.41) is 0. The Morgan fingerprint density at radius 2 is 1.00 bits per heavy atom.